The SMILES string of the molecule is Cc1nc(C)c(-c2nc(C(C)C)c(C(=O)O)o2)o1. The van der Waals surface area contributed by atoms with Crippen LogP contribution in [0.15, 0.2) is 8.83 Å². The third-order valence-electron chi connectivity index (χ3n) is 2.49. The number of carbonyl (C=O) groups is 1. The van der Waals surface area contributed by atoms with Crippen LogP contribution >= 0.6 is 0 Å². The smallest absolute Gasteiger partial charge is 0.373 e. The number of aromatic carboxylic acids is 1. The van der Waals surface area contributed by atoms with E-state index in [1.165, 1.54) is 0 Å². The van der Waals surface area contributed by atoms with Crippen LogP contribution in [0.2, 0.25) is 0 Å². The van der Waals surface area contributed by atoms with Gasteiger partial charge in [0.15, 0.2) is 5.89 Å². The molecule has 1 N–H and O–H groups in total. The molecule has 0 saturated heterocycles. The summed E-state index contributed by atoms with van der Waals surface area (Å²) in [6.07, 6.45) is 0. The zero-order valence-electron chi connectivity index (χ0n) is 10.6. The van der Waals surface area contributed by atoms with E-state index in [9.17, 15) is 4.79 Å². The maximum absolute atomic E-state index is 11.1. The van der Waals surface area contributed by atoms with Gasteiger partial charge in [-0.1, -0.05) is 13.8 Å². The number of hydrogen-bond acceptors (Lipinski definition) is 5. The molecule has 6 nitrogen and oxygen atoms in total. The minimum Gasteiger partial charge on any atom is -0.475 e. The minimum absolute atomic E-state index is 0.0436. The molecule has 2 rings (SSSR count). The van der Waals surface area contributed by atoms with Crippen molar-refractivity contribution in [2.24, 2.45) is 0 Å². The average Bonchev–Trinajstić information content (AvgIpc) is 2.81. The fourth-order valence-electron chi connectivity index (χ4n) is 1.70. The molecule has 0 amide bonds. The Labute approximate surface area is 104 Å². The molecule has 0 unspecified atom stereocenters. The first-order valence-corrected chi connectivity index (χ1v) is 5.58. The number of oxazole rings is 2. The number of carboxylic acid groups (broad SMARTS) is 1. The molecule has 0 radical (unpaired) electrons. The summed E-state index contributed by atoms with van der Waals surface area (Å²) in [6.45, 7) is 7.17. The average molecular weight is 250 g/mol. The second-order valence-corrected chi connectivity index (χ2v) is 4.34. The van der Waals surface area contributed by atoms with E-state index in [1.807, 2.05) is 13.8 Å². The number of aryl methyl sites for hydroxylation is 2. The highest BCUT2D eigenvalue weighted by atomic mass is 16.4. The molecule has 0 saturated carbocycles. The Morgan fingerprint density at radius 1 is 1.22 bits per heavy atom. The van der Waals surface area contributed by atoms with Crippen LogP contribution in [-0.2, 0) is 0 Å². The van der Waals surface area contributed by atoms with Gasteiger partial charge in [-0.25, -0.2) is 14.8 Å². The van der Waals surface area contributed by atoms with Gasteiger partial charge in [0.25, 0.3) is 5.89 Å². The summed E-state index contributed by atoms with van der Waals surface area (Å²) in [5.41, 5.74) is 1.03. The summed E-state index contributed by atoms with van der Waals surface area (Å²) in [5.74, 6) is -0.294. The lowest BCUT2D eigenvalue weighted by molar-refractivity contribution is 0.0661. The molecule has 96 valence electrons. The van der Waals surface area contributed by atoms with Gasteiger partial charge >= 0.3 is 5.97 Å². The minimum atomic E-state index is -1.13. The van der Waals surface area contributed by atoms with E-state index in [1.54, 1.807) is 13.8 Å². The topological polar surface area (TPSA) is 89.4 Å². The van der Waals surface area contributed by atoms with Gasteiger partial charge in [0.1, 0.15) is 0 Å². The van der Waals surface area contributed by atoms with Crippen molar-refractivity contribution in [1.29, 1.82) is 0 Å². The standard InChI is InChI=1S/C12H14N2O4/c1-5(2)8-10(12(15)16)18-11(14-8)9-6(3)13-7(4)17-9/h5H,1-4H3,(H,15,16). The molecular formula is C12H14N2O4. The number of aromatic nitrogens is 2. The van der Waals surface area contributed by atoms with Gasteiger partial charge in [0, 0.05) is 6.92 Å². The highest BCUT2D eigenvalue weighted by Gasteiger charge is 2.25. The lowest BCUT2D eigenvalue weighted by Crippen LogP contribution is -2.01. The predicted octanol–water partition coefficient (Wildman–Crippen LogP) is 2.77. The van der Waals surface area contributed by atoms with E-state index in [2.05, 4.69) is 9.97 Å². The molecule has 6 heteroatoms. The molecule has 0 aliphatic carbocycles. The Balaban J connectivity index is 2.56. The van der Waals surface area contributed by atoms with Gasteiger partial charge in [0.05, 0.1) is 11.4 Å². The molecular weight excluding hydrogens is 236 g/mol. The molecule has 2 aromatic heterocycles. The largest absolute Gasteiger partial charge is 0.475 e. The Morgan fingerprint density at radius 3 is 2.28 bits per heavy atom. The fraction of sp³-hybridized carbons (Fsp3) is 0.417. The van der Waals surface area contributed by atoms with Crippen LogP contribution in [0.1, 0.15) is 47.6 Å². The van der Waals surface area contributed by atoms with Crippen molar-refractivity contribution in [2.45, 2.75) is 33.6 Å². The highest BCUT2D eigenvalue weighted by molar-refractivity contribution is 5.86. The molecule has 2 aromatic rings. The summed E-state index contributed by atoms with van der Waals surface area (Å²) in [6, 6.07) is 0. The van der Waals surface area contributed by atoms with Gasteiger partial charge < -0.3 is 13.9 Å². The molecule has 2 heterocycles. The zero-order valence-corrected chi connectivity index (χ0v) is 10.6. The summed E-state index contributed by atoms with van der Waals surface area (Å²) in [5, 5.41) is 9.07. The Kier molecular flexibility index (Phi) is 2.94. The summed E-state index contributed by atoms with van der Waals surface area (Å²) < 4.78 is 10.6. The van der Waals surface area contributed by atoms with Crippen molar-refractivity contribution in [3.63, 3.8) is 0 Å². The lowest BCUT2D eigenvalue weighted by Gasteiger charge is -1.98. The molecule has 0 aliphatic rings. The van der Waals surface area contributed by atoms with Crippen molar-refractivity contribution < 1.29 is 18.7 Å². The van der Waals surface area contributed by atoms with Crippen LogP contribution in [0.25, 0.3) is 11.7 Å². The van der Waals surface area contributed by atoms with Crippen LogP contribution < -0.4 is 0 Å². The predicted molar refractivity (Wildman–Crippen MR) is 62.5 cm³/mol. The van der Waals surface area contributed by atoms with Crippen LogP contribution in [0.4, 0.5) is 0 Å². The van der Waals surface area contributed by atoms with Gasteiger partial charge in [-0.3, -0.25) is 0 Å². The first kappa shape index (κ1) is 12.3. The number of hydrogen-bond donors (Lipinski definition) is 1. The summed E-state index contributed by atoms with van der Waals surface area (Å²) >= 11 is 0. The van der Waals surface area contributed by atoms with Crippen molar-refractivity contribution in [2.75, 3.05) is 0 Å². The van der Waals surface area contributed by atoms with Crippen LogP contribution in [0.5, 0.6) is 0 Å². The van der Waals surface area contributed by atoms with Gasteiger partial charge in [-0.05, 0) is 12.8 Å². The quantitative estimate of drug-likeness (QED) is 0.900. The Bertz CT molecular complexity index is 595. The van der Waals surface area contributed by atoms with Gasteiger partial charge in [-0.2, -0.15) is 0 Å². The summed E-state index contributed by atoms with van der Waals surface area (Å²) in [4.78, 5) is 19.4. The highest BCUT2D eigenvalue weighted by Crippen LogP contribution is 2.28. The Hall–Kier alpha value is -2.11. The van der Waals surface area contributed by atoms with Gasteiger partial charge in [0.2, 0.25) is 11.5 Å². The van der Waals surface area contributed by atoms with Crippen molar-refractivity contribution in [3.8, 4) is 11.7 Å². The molecule has 0 aliphatic heterocycles. The van der Waals surface area contributed by atoms with E-state index >= 15 is 0 Å². The van der Waals surface area contributed by atoms with E-state index in [4.69, 9.17) is 13.9 Å². The van der Waals surface area contributed by atoms with E-state index < -0.39 is 5.97 Å². The molecule has 0 spiro atoms. The Morgan fingerprint density at radius 2 is 1.89 bits per heavy atom. The lowest BCUT2D eigenvalue weighted by atomic mass is 10.1. The van der Waals surface area contributed by atoms with Crippen LogP contribution in [-0.4, -0.2) is 21.0 Å². The van der Waals surface area contributed by atoms with Crippen molar-refractivity contribution in [1.82, 2.24) is 9.97 Å². The normalized spacial score (nSPS) is 11.2. The number of rotatable bonds is 3. The maximum Gasteiger partial charge on any atom is 0.373 e. The zero-order chi connectivity index (χ0) is 13.4. The number of nitrogens with zero attached hydrogens (tertiary/aromatic N) is 2. The molecule has 0 aromatic carbocycles. The first-order valence-electron chi connectivity index (χ1n) is 5.58. The van der Waals surface area contributed by atoms with Crippen molar-refractivity contribution in [3.05, 3.63) is 23.0 Å². The number of carboxylic acids is 1. The van der Waals surface area contributed by atoms with E-state index in [0.717, 1.165) is 0 Å². The van der Waals surface area contributed by atoms with E-state index in [0.29, 0.717) is 23.0 Å². The van der Waals surface area contributed by atoms with E-state index in [-0.39, 0.29) is 17.6 Å². The molecule has 0 atom stereocenters. The third-order valence-corrected chi connectivity index (χ3v) is 2.49. The monoisotopic (exact) mass is 250 g/mol. The molecule has 0 bridgehead atoms. The third kappa shape index (κ3) is 2.01. The summed E-state index contributed by atoms with van der Waals surface area (Å²) in [7, 11) is 0. The second kappa shape index (κ2) is 4.29. The molecule has 18 heavy (non-hydrogen) atoms. The maximum atomic E-state index is 11.1. The fourth-order valence-corrected chi connectivity index (χ4v) is 1.70. The first-order chi connectivity index (χ1) is 8.40. The van der Waals surface area contributed by atoms with Crippen LogP contribution in [0, 0.1) is 13.8 Å². The van der Waals surface area contributed by atoms with Crippen molar-refractivity contribution >= 4 is 5.97 Å². The second-order valence-electron chi connectivity index (χ2n) is 4.34. The van der Waals surface area contributed by atoms with Gasteiger partial charge in [-0.15, -0.1) is 0 Å². The molecule has 0 fully saturated rings. The van der Waals surface area contributed by atoms with Crippen LogP contribution in [0.3, 0.4) is 0 Å².